The van der Waals surface area contributed by atoms with Gasteiger partial charge >= 0.3 is 5.97 Å². The molecule has 2 N–H and O–H groups in total. The first-order valence-corrected chi connectivity index (χ1v) is 6.45. The number of aliphatic carboxylic acids is 1. The van der Waals surface area contributed by atoms with Crippen molar-refractivity contribution >= 4 is 11.9 Å². The Kier molecular flexibility index (Phi) is 4.68. The van der Waals surface area contributed by atoms with E-state index < -0.39 is 24.0 Å². The monoisotopic (exact) mass is 281 g/mol. The van der Waals surface area contributed by atoms with Crippen LogP contribution in [0.25, 0.3) is 0 Å². The van der Waals surface area contributed by atoms with Gasteiger partial charge in [-0.3, -0.25) is 4.79 Å². The van der Waals surface area contributed by atoms with Crippen molar-refractivity contribution in [1.29, 1.82) is 0 Å². The average molecular weight is 281 g/mol. The predicted molar refractivity (Wildman–Crippen MR) is 68.6 cm³/mol. The van der Waals surface area contributed by atoms with Crippen LogP contribution in [0.2, 0.25) is 0 Å². The van der Waals surface area contributed by atoms with Gasteiger partial charge in [-0.25, -0.2) is 9.18 Å². The SMILES string of the molecule is O=C(O)[C@H](Cc1ccc(F)cc1)NC(=O)[C@H]1CCCO1. The molecule has 6 heteroatoms. The molecular formula is C14H16FNO4. The molecule has 0 unspecified atom stereocenters. The lowest BCUT2D eigenvalue weighted by Gasteiger charge is -2.17. The maximum Gasteiger partial charge on any atom is 0.326 e. The van der Waals surface area contributed by atoms with Crippen LogP contribution in [-0.4, -0.2) is 35.7 Å². The minimum Gasteiger partial charge on any atom is -0.480 e. The summed E-state index contributed by atoms with van der Waals surface area (Å²) in [5, 5.41) is 11.6. The molecule has 5 nitrogen and oxygen atoms in total. The Labute approximate surface area is 115 Å². The van der Waals surface area contributed by atoms with Crippen molar-refractivity contribution in [2.75, 3.05) is 6.61 Å². The standard InChI is InChI=1S/C14H16FNO4/c15-10-5-3-9(4-6-10)8-11(14(18)19)16-13(17)12-2-1-7-20-12/h3-6,11-12H,1-2,7-8H2,(H,16,17)(H,18,19)/t11-,12+/m0/s1. The lowest BCUT2D eigenvalue weighted by Crippen LogP contribution is -2.46. The minimum absolute atomic E-state index is 0.105. The number of hydrogen-bond donors (Lipinski definition) is 2. The third kappa shape index (κ3) is 3.77. The number of amides is 1. The topological polar surface area (TPSA) is 75.6 Å². The first-order valence-electron chi connectivity index (χ1n) is 6.45. The number of carboxylic acid groups (broad SMARTS) is 1. The second-order valence-corrected chi connectivity index (χ2v) is 4.73. The Morgan fingerprint density at radius 1 is 1.40 bits per heavy atom. The Balaban J connectivity index is 1.98. The summed E-state index contributed by atoms with van der Waals surface area (Å²) in [6.07, 6.45) is 0.946. The molecular weight excluding hydrogens is 265 g/mol. The molecule has 0 radical (unpaired) electrons. The number of hydrogen-bond acceptors (Lipinski definition) is 3. The molecule has 0 bridgehead atoms. The number of rotatable bonds is 5. The highest BCUT2D eigenvalue weighted by molar-refractivity contribution is 5.86. The summed E-state index contributed by atoms with van der Waals surface area (Å²) < 4.78 is 18.0. The molecule has 0 saturated carbocycles. The highest BCUT2D eigenvalue weighted by atomic mass is 19.1. The fourth-order valence-corrected chi connectivity index (χ4v) is 2.11. The number of ether oxygens (including phenoxy) is 1. The fourth-order valence-electron chi connectivity index (χ4n) is 2.11. The summed E-state index contributed by atoms with van der Waals surface area (Å²) >= 11 is 0. The van der Waals surface area contributed by atoms with E-state index in [0.717, 1.165) is 6.42 Å². The van der Waals surface area contributed by atoms with Crippen molar-refractivity contribution < 1.29 is 23.8 Å². The zero-order valence-electron chi connectivity index (χ0n) is 10.8. The highest BCUT2D eigenvalue weighted by Gasteiger charge is 2.28. The molecule has 2 atom stereocenters. The zero-order valence-corrected chi connectivity index (χ0v) is 10.8. The smallest absolute Gasteiger partial charge is 0.326 e. The van der Waals surface area contributed by atoms with Crippen LogP contribution >= 0.6 is 0 Å². The summed E-state index contributed by atoms with van der Waals surface area (Å²) in [6.45, 7) is 0.522. The Morgan fingerprint density at radius 3 is 2.65 bits per heavy atom. The van der Waals surface area contributed by atoms with Gasteiger partial charge in [-0.2, -0.15) is 0 Å². The molecule has 0 aliphatic carbocycles. The first kappa shape index (κ1) is 14.5. The second-order valence-electron chi connectivity index (χ2n) is 4.73. The summed E-state index contributed by atoms with van der Waals surface area (Å²) in [4.78, 5) is 23.0. The number of carbonyl (C=O) groups excluding carboxylic acids is 1. The molecule has 0 aromatic heterocycles. The van der Waals surface area contributed by atoms with Crippen molar-refractivity contribution in [2.45, 2.75) is 31.4 Å². The van der Waals surface area contributed by atoms with E-state index >= 15 is 0 Å². The van der Waals surface area contributed by atoms with Crippen LogP contribution in [0.5, 0.6) is 0 Å². The number of nitrogens with one attached hydrogen (secondary N) is 1. The van der Waals surface area contributed by atoms with Crippen LogP contribution in [0.15, 0.2) is 24.3 Å². The normalized spacial score (nSPS) is 19.6. The molecule has 1 heterocycles. The van der Waals surface area contributed by atoms with Gasteiger partial charge in [0.2, 0.25) is 5.91 Å². The molecule has 1 fully saturated rings. The van der Waals surface area contributed by atoms with Crippen LogP contribution in [-0.2, 0) is 20.7 Å². The average Bonchev–Trinajstić information content (AvgIpc) is 2.94. The quantitative estimate of drug-likeness (QED) is 0.848. The molecule has 1 aliphatic rings. The van der Waals surface area contributed by atoms with Crippen molar-refractivity contribution in [3.63, 3.8) is 0 Å². The van der Waals surface area contributed by atoms with Gasteiger partial charge in [0.25, 0.3) is 0 Å². The van der Waals surface area contributed by atoms with Gasteiger partial charge in [-0.05, 0) is 30.5 Å². The molecule has 1 aromatic rings. The van der Waals surface area contributed by atoms with E-state index in [2.05, 4.69) is 5.32 Å². The second kappa shape index (κ2) is 6.47. The van der Waals surface area contributed by atoms with Crippen molar-refractivity contribution in [3.05, 3.63) is 35.6 Å². The van der Waals surface area contributed by atoms with Gasteiger partial charge in [-0.15, -0.1) is 0 Å². The first-order chi connectivity index (χ1) is 9.56. The highest BCUT2D eigenvalue weighted by Crippen LogP contribution is 2.13. The molecule has 1 saturated heterocycles. The van der Waals surface area contributed by atoms with Crippen LogP contribution in [0.1, 0.15) is 18.4 Å². The zero-order chi connectivity index (χ0) is 14.5. The summed E-state index contributed by atoms with van der Waals surface area (Å²) in [7, 11) is 0. The molecule has 2 rings (SSSR count). The summed E-state index contributed by atoms with van der Waals surface area (Å²) in [6, 6.07) is 4.48. The predicted octanol–water partition coefficient (Wildman–Crippen LogP) is 1.12. The molecule has 20 heavy (non-hydrogen) atoms. The molecule has 108 valence electrons. The van der Waals surface area contributed by atoms with Crippen LogP contribution in [0.3, 0.4) is 0 Å². The van der Waals surface area contributed by atoms with Crippen molar-refractivity contribution in [3.8, 4) is 0 Å². The minimum atomic E-state index is -1.12. The van der Waals surface area contributed by atoms with E-state index in [-0.39, 0.29) is 12.2 Å². The third-order valence-corrected chi connectivity index (χ3v) is 3.19. The lowest BCUT2D eigenvalue weighted by molar-refractivity contribution is -0.143. The third-order valence-electron chi connectivity index (χ3n) is 3.19. The molecule has 1 aliphatic heterocycles. The molecule has 1 amide bonds. The van der Waals surface area contributed by atoms with Crippen LogP contribution < -0.4 is 5.32 Å². The van der Waals surface area contributed by atoms with E-state index in [1.807, 2.05) is 0 Å². The van der Waals surface area contributed by atoms with E-state index in [4.69, 9.17) is 9.84 Å². The molecule has 0 spiro atoms. The van der Waals surface area contributed by atoms with Gasteiger partial charge in [0.15, 0.2) is 0 Å². The lowest BCUT2D eigenvalue weighted by atomic mass is 10.1. The Bertz CT molecular complexity index is 482. The maximum absolute atomic E-state index is 12.8. The van der Waals surface area contributed by atoms with Gasteiger partial charge in [-0.1, -0.05) is 12.1 Å². The summed E-state index contributed by atoms with van der Waals surface area (Å²) in [5.74, 6) is -1.92. The maximum atomic E-state index is 12.8. The van der Waals surface area contributed by atoms with E-state index in [1.165, 1.54) is 24.3 Å². The fraction of sp³-hybridized carbons (Fsp3) is 0.429. The van der Waals surface area contributed by atoms with Gasteiger partial charge in [0.1, 0.15) is 18.0 Å². The van der Waals surface area contributed by atoms with E-state index in [1.54, 1.807) is 0 Å². The van der Waals surface area contributed by atoms with Gasteiger partial charge in [0.05, 0.1) is 0 Å². The van der Waals surface area contributed by atoms with Crippen LogP contribution in [0, 0.1) is 5.82 Å². The number of benzene rings is 1. The van der Waals surface area contributed by atoms with Crippen LogP contribution in [0.4, 0.5) is 4.39 Å². The summed E-state index contributed by atoms with van der Waals surface area (Å²) in [5.41, 5.74) is 0.645. The number of halogens is 1. The van der Waals surface area contributed by atoms with E-state index in [9.17, 15) is 14.0 Å². The van der Waals surface area contributed by atoms with Crippen molar-refractivity contribution in [2.24, 2.45) is 0 Å². The number of carboxylic acids is 1. The number of carbonyl (C=O) groups is 2. The Hall–Kier alpha value is -1.95. The largest absolute Gasteiger partial charge is 0.480 e. The van der Waals surface area contributed by atoms with E-state index in [0.29, 0.717) is 18.6 Å². The Morgan fingerprint density at radius 2 is 2.10 bits per heavy atom. The van der Waals surface area contributed by atoms with Crippen molar-refractivity contribution in [1.82, 2.24) is 5.32 Å². The van der Waals surface area contributed by atoms with Gasteiger partial charge in [0, 0.05) is 13.0 Å². The van der Waals surface area contributed by atoms with Gasteiger partial charge < -0.3 is 15.2 Å². The molecule has 1 aromatic carbocycles.